The lowest BCUT2D eigenvalue weighted by Gasteiger charge is -2.37. The molecule has 1 aromatic carbocycles. The molecule has 1 unspecified atom stereocenters. The molecule has 2 amide bonds. The minimum absolute atomic E-state index is 0.0925. The van der Waals surface area contributed by atoms with Crippen molar-refractivity contribution >= 4 is 17.6 Å². The van der Waals surface area contributed by atoms with Gasteiger partial charge in [0.2, 0.25) is 0 Å². The maximum absolute atomic E-state index is 12.9. The molecular weight excluding hydrogens is 510 g/mol. The first-order valence-electron chi connectivity index (χ1n) is 14.0. The lowest BCUT2D eigenvalue weighted by atomic mass is 9.84. The number of likely N-dealkylation sites (tertiary alicyclic amines) is 1. The zero-order valence-corrected chi connectivity index (χ0v) is 24.5. The van der Waals surface area contributed by atoms with E-state index in [1.165, 1.54) is 0 Å². The fourth-order valence-corrected chi connectivity index (χ4v) is 5.15. The Hall–Kier alpha value is -3.59. The number of aromatic nitrogens is 1. The maximum Gasteiger partial charge on any atom is 0.410 e. The summed E-state index contributed by atoms with van der Waals surface area (Å²) in [6.45, 7) is 12.0. The first kappa shape index (κ1) is 29.4. The minimum atomic E-state index is -0.630. The van der Waals surface area contributed by atoms with E-state index in [2.05, 4.69) is 11.1 Å². The SMILES string of the molecule is CCN(CC)C(=O)c1ccc(C2=CC3(CCCN(C(=O)OC(C)(C)C)CC3)Oc3cccc(OCOC)c32)cn1. The lowest BCUT2D eigenvalue weighted by molar-refractivity contribution is 0.0242. The van der Waals surface area contributed by atoms with Gasteiger partial charge in [0.05, 0.1) is 5.56 Å². The van der Waals surface area contributed by atoms with Gasteiger partial charge in [0.1, 0.15) is 28.4 Å². The van der Waals surface area contributed by atoms with Crippen molar-refractivity contribution in [3.63, 3.8) is 0 Å². The molecule has 4 rings (SSSR count). The fraction of sp³-hybridized carbons (Fsp3) is 0.516. The quantitative estimate of drug-likeness (QED) is 0.418. The Morgan fingerprint density at radius 1 is 1.10 bits per heavy atom. The highest BCUT2D eigenvalue weighted by atomic mass is 16.7. The van der Waals surface area contributed by atoms with E-state index in [0.717, 1.165) is 29.5 Å². The highest BCUT2D eigenvalue weighted by Crippen LogP contribution is 2.47. The zero-order chi connectivity index (χ0) is 28.9. The monoisotopic (exact) mass is 551 g/mol. The smallest absolute Gasteiger partial charge is 0.410 e. The largest absolute Gasteiger partial charge is 0.482 e. The van der Waals surface area contributed by atoms with E-state index < -0.39 is 11.2 Å². The van der Waals surface area contributed by atoms with Gasteiger partial charge in [0, 0.05) is 51.5 Å². The average molecular weight is 552 g/mol. The summed E-state index contributed by atoms with van der Waals surface area (Å²) in [4.78, 5) is 33.8. The summed E-state index contributed by atoms with van der Waals surface area (Å²) in [6.07, 6.45) is 5.65. The number of pyridine rings is 1. The molecule has 9 nitrogen and oxygen atoms in total. The topological polar surface area (TPSA) is 90.4 Å². The number of rotatable bonds is 7. The van der Waals surface area contributed by atoms with Crippen LogP contribution in [0.1, 0.15) is 75.5 Å². The molecule has 2 aliphatic rings. The van der Waals surface area contributed by atoms with Crippen molar-refractivity contribution in [2.75, 3.05) is 40.1 Å². The number of ether oxygens (including phenoxy) is 4. The Balaban J connectivity index is 1.71. The highest BCUT2D eigenvalue weighted by molar-refractivity contribution is 5.93. The van der Waals surface area contributed by atoms with Crippen LogP contribution in [-0.4, -0.2) is 78.1 Å². The van der Waals surface area contributed by atoms with Crippen LogP contribution in [0, 0.1) is 0 Å². The van der Waals surface area contributed by atoms with Gasteiger partial charge >= 0.3 is 6.09 Å². The van der Waals surface area contributed by atoms with Gasteiger partial charge in [-0.05, 0) is 77.3 Å². The third-order valence-electron chi connectivity index (χ3n) is 7.14. The molecule has 0 aliphatic carbocycles. The molecule has 1 saturated heterocycles. The van der Waals surface area contributed by atoms with Crippen molar-refractivity contribution in [1.82, 2.24) is 14.8 Å². The van der Waals surface area contributed by atoms with E-state index in [1.807, 2.05) is 58.9 Å². The molecule has 0 N–H and O–H groups in total. The second-order valence-corrected chi connectivity index (χ2v) is 11.1. The standard InChI is InChI=1S/C31H41N3O6/c1-7-33(8-2)28(35)24-14-13-22(20-32-24)23-19-31(39-26-12-9-11-25(27(23)26)38-21-37-6)15-10-17-34(18-16-31)29(36)40-30(3,4)5/h9,11-14,19-20H,7-8,10,15-18,21H2,1-6H3. The van der Waals surface area contributed by atoms with Crippen molar-refractivity contribution in [3.8, 4) is 11.5 Å². The van der Waals surface area contributed by atoms with E-state index in [0.29, 0.717) is 49.8 Å². The van der Waals surface area contributed by atoms with Gasteiger partial charge in [-0.2, -0.15) is 0 Å². The minimum Gasteiger partial charge on any atom is -0.482 e. The number of carbonyl (C=O) groups excluding carboxylic acids is 2. The molecule has 3 heterocycles. The second kappa shape index (κ2) is 12.3. The predicted octanol–water partition coefficient (Wildman–Crippen LogP) is 5.53. The van der Waals surface area contributed by atoms with Crippen LogP contribution in [0.25, 0.3) is 5.57 Å². The van der Waals surface area contributed by atoms with Crippen LogP contribution in [0.15, 0.2) is 42.6 Å². The van der Waals surface area contributed by atoms with Crippen molar-refractivity contribution in [1.29, 1.82) is 0 Å². The molecule has 216 valence electrons. The molecule has 2 aliphatic heterocycles. The molecular formula is C31H41N3O6. The van der Waals surface area contributed by atoms with Crippen LogP contribution in [0.2, 0.25) is 0 Å². The third kappa shape index (κ3) is 6.58. The van der Waals surface area contributed by atoms with Gasteiger partial charge in [0.15, 0.2) is 6.79 Å². The van der Waals surface area contributed by atoms with Crippen LogP contribution in [-0.2, 0) is 9.47 Å². The molecule has 0 saturated carbocycles. The number of amides is 2. The van der Waals surface area contributed by atoms with Gasteiger partial charge in [-0.15, -0.1) is 0 Å². The Labute approximate surface area is 237 Å². The maximum atomic E-state index is 12.9. The lowest BCUT2D eigenvalue weighted by Crippen LogP contribution is -2.40. The van der Waals surface area contributed by atoms with Crippen LogP contribution in [0.4, 0.5) is 4.79 Å². The summed E-state index contributed by atoms with van der Waals surface area (Å²) >= 11 is 0. The first-order valence-corrected chi connectivity index (χ1v) is 14.0. The van der Waals surface area contributed by atoms with Gasteiger partial charge in [0.25, 0.3) is 5.91 Å². The second-order valence-electron chi connectivity index (χ2n) is 11.1. The van der Waals surface area contributed by atoms with Crippen molar-refractivity contribution in [2.24, 2.45) is 0 Å². The first-order chi connectivity index (χ1) is 19.1. The Bertz CT molecular complexity index is 1230. The molecule has 40 heavy (non-hydrogen) atoms. The number of hydrogen-bond acceptors (Lipinski definition) is 7. The number of carbonyl (C=O) groups is 2. The molecule has 2 aromatic rings. The van der Waals surface area contributed by atoms with Gasteiger partial charge < -0.3 is 28.7 Å². The molecule has 1 fully saturated rings. The number of fused-ring (bicyclic) bond motifs is 1. The van der Waals surface area contributed by atoms with E-state index in [9.17, 15) is 9.59 Å². The Morgan fingerprint density at radius 2 is 1.88 bits per heavy atom. The Morgan fingerprint density at radius 3 is 2.52 bits per heavy atom. The van der Waals surface area contributed by atoms with Crippen LogP contribution >= 0.6 is 0 Å². The third-order valence-corrected chi connectivity index (χ3v) is 7.14. The number of hydrogen-bond donors (Lipinski definition) is 0. The predicted molar refractivity (Wildman–Crippen MR) is 153 cm³/mol. The number of nitrogens with zero attached hydrogens (tertiary/aromatic N) is 3. The van der Waals surface area contributed by atoms with Crippen molar-refractivity contribution < 1.29 is 28.5 Å². The van der Waals surface area contributed by atoms with Crippen molar-refractivity contribution in [3.05, 3.63) is 59.4 Å². The summed E-state index contributed by atoms with van der Waals surface area (Å²) < 4.78 is 23.4. The van der Waals surface area contributed by atoms with Crippen LogP contribution in [0.3, 0.4) is 0 Å². The molecule has 1 spiro atoms. The summed E-state index contributed by atoms with van der Waals surface area (Å²) in [6, 6.07) is 9.42. The average Bonchev–Trinajstić information content (AvgIpc) is 3.13. The molecule has 1 aromatic heterocycles. The van der Waals surface area contributed by atoms with Gasteiger partial charge in [-0.1, -0.05) is 12.1 Å². The normalized spacial score (nSPS) is 18.8. The van der Waals surface area contributed by atoms with E-state index in [1.54, 1.807) is 29.2 Å². The van der Waals surface area contributed by atoms with E-state index >= 15 is 0 Å². The summed E-state index contributed by atoms with van der Waals surface area (Å²) in [5.74, 6) is 1.23. The Kier molecular flexibility index (Phi) is 9.03. The molecule has 0 bridgehead atoms. The molecule has 9 heteroatoms. The van der Waals surface area contributed by atoms with E-state index in [4.69, 9.17) is 18.9 Å². The summed E-state index contributed by atoms with van der Waals surface area (Å²) in [7, 11) is 1.58. The van der Waals surface area contributed by atoms with Crippen LogP contribution < -0.4 is 9.47 Å². The molecule has 0 radical (unpaired) electrons. The fourth-order valence-electron chi connectivity index (χ4n) is 5.15. The van der Waals surface area contributed by atoms with E-state index in [-0.39, 0.29) is 18.8 Å². The highest BCUT2D eigenvalue weighted by Gasteiger charge is 2.40. The zero-order valence-electron chi connectivity index (χ0n) is 24.5. The van der Waals surface area contributed by atoms with Crippen LogP contribution in [0.5, 0.6) is 11.5 Å². The van der Waals surface area contributed by atoms with Crippen molar-refractivity contribution in [2.45, 2.75) is 65.1 Å². The number of benzene rings is 1. The summed E-state index contributed by atoms with van der Waals surface area (Å²) in [5.41, 5.74) is 1.78. The number of methoxy groups -OCH3 is 1. The molecule has 1 atom stereocenters. The summed E-state index contributed by atoms with van der Waals surface area (Å²) in [5, 5.41) is 0. The van der Waals surface area contributed by atoms with Gasteiger partial charge in [-0.25, -0.2) is 4.79 Å². The van der Waals surface area contributed by atoms with Gasteiger partial charge in [-0.3, -0.25) is 9.78 Å².